The van der Waals surface area contributed by atoms with Crippen LogP contribution in [0.4, 0.5) is 10.2 Å². The molecule has 2 saturated heterocycles. The van der Waals surface area contributed by atoms with Crippen LogP contribution in [0.5, 0.6) is 5.75 Å². The quantitative estimate of drug-likeness (QED) is 0.207. The molecule has 4 aromatic rings. The summed E-state index contributed by atoms with van der Waals surface area (Å²) >= 11 is 0.955. The van der Waals surface area contributed by atoms with Crippen molar-refractivity contribution in [3.63, 3.8) is 0 Å². The number of likely N-dealkylation sites (tertiary alicyclic amines) is 1. The number of aliphatic hydroxyl groups is 1. The second-order valence-corrected chi connectivity index (χ2v) is 13.2. The third kappa shape index (κ3) is 6.56. The number of carbonyl (C=O) groups excluding carboxylic acids is 1. The van der Waals surface area contributed by atoms with Gasteiger partial charge in [0.25, 0.3) is 0 Å². The number of rotatable bonds is 9. The molecule has 0 bridgehead atoms. The largest absolute Gasteiger partial charge is 0.506 e. The number of hydrogen-bond donors (Lipinski definition) is 4. The maximum absolute atomic E-state index is 14.6. The molecule has 11 heteroatoms. The van der Waals surface area contributed by atoms with E-state index in [4.69, 9.17) is 0 Å². The van der Waals surface area contributed by atoms with Crippen molar-refractivity contribution in [3.05, 3.63) is 86.4 Å². The number of pyridine rings is 1. The van der Waals surface area contributed by atoms with Crippen molar-refractivity contribution in [2.75, 3.05) is 44.2 Å². The Kier molecular flexibility index (Phi) is 8.82. The molecule has 9 nitrogen and oxygen atoms in total. The van der Waals surface area contributed by atoms with Crippen LogP contribution in [0.1, 0.15) is 47.6 Å². The van der Waals surface area contributed by atoms with Crippen molar-refractivity contribution in [2.45, 2.75) is 45.3 Å². The zero-order valence-corrected chi connectivity index (χ0v) is 25.6. The van der Waals surface area contributed by atoms with Gasteiger partial charge in [0.1, 0.15) is 28.7 Å². The molecule has 2 aliphatic rings. The highest BCUT2D eigenvalue weighted by Crippen LogP contribution is 2.39. The fourth-order valence-corrected chi connectivity index (χ4v) is 7.51. The van der Waals surface area contributed by atoms with Gasteiger partial charge in [0, 0.05) is 49.8 Å². The third-order valence-corrected chi connectivity index (χ3v) is 9.96. The standard InChI is InChI=1S/C33H38FN5O4S/c1-21-4-10-36-29(14-21)39-11-6-28(42)33(20-39)7-12-38(13-8-33)19-23-15-22(16-24(34)17-23)5-9-35-18-27(41)25-2-3-26(40)30-31(25)44-32(43)37-30/h2-4,10,14-17,27,35,40-41H,5-9,11-13,18-20H2,1H3,(H,37,43)/t27-/m0/s1. The normalized spacial score (nSPS) is 17.9. The van der Waals surface area contributed by atoms with Gasteiger partial charge in [-0.2, -0.15) is 0 Å². The Hall–Kier alpha value is -3.64. The third-order valence-electron chi connectivity index (χ3n) is 9.03. The zero-order chi connectivity index (χ0) is 30.8. The van der Waals surface area contributed by atoms with Crippen LogP contribution in [0, 0.1) is 18.2 Å². The fourth-order valence-electron chi connectivity index (χ4n) is 6.59. The van der Waals surface area contributed by atoms with Crippen molar-refractivity contribution in [1.82, 2.24) is 20.2 Å². The van der Waals surface area contributed by atoms with Crippen molar-refractivity contribution >= 4 is 33.2 Å². The number of ketones is 1. The lowest BCUT2D eigenvalue weighted by molar-refractivity contribution is -0.132. The number of H-pyrrole nitrogens is 1. The first-order valence-electron chi connectivity index (χ1n) is 15.1. The van der Waals surface area contributed by atoms with Crippen molar-refractivity contribution in [1.29, 1.82) is 0 Å². The number of thiazole rings is 1. The summed E-state index contributed by atoms with van der Waals surface area (Å²) in [7, 11) is 0. The monoisotopic (exact) mass is 619 g/mol. The van der Waals surface area contributed by atoms with E-state index in [-0.39, 0.29) is 28.4 Å². The Bertz CT molecular complexity index is 1710. The van der Waals surface area contributed by atoms with Gasteiger partial charge in [-0.1, -0.05) is 23.5 Å². The second kappa shape index (κ2) is 12.8. The molecule has 232 valence electrons. The zero-order valence-electron chi connectivity index (χ0n) is 24.8. The molecule has 4 heterocycles. The lowest BCUT2D eigenvalue weighted by Gasteiger charge is -2.46. The van der Waals surface area contributed by atoms with E-state index in [1.807, 2.05) is 18.3 Å². The molecule has 4 N–H and O–H groups in total. The molecule has 1 spiro atoms. The maximum Gasteiger partial charge on any atom is 0.305 e. The number of aromatic hydroxyl groups is 1. The number of carbonyl (C=O) groups is 1. The van der Waals surface area contributed by atoms with E-state index in [1.165, 1.54) is 6.07 Å². The number of phenolic OH excluding ortho intramolecular Hbond substituents is 1. The van der Waals surface area contributed by atoms with Crippen molar-refractivity contribution < 1.29 is 19.4 Å². The molecule has 6 rings (SSSR count). The van der Waals surface area contributed by atoms with Crippen LogP contribution in [-0.2, 0) is 17.8 Å². The van der Waals surface area contributed by atoms with E-state index in [0.717, 1.165) is 59.8 Å². The van der Waals surface area contributed by atoms with Gasteiger partial charge >= 0.3 is 4.87 Å². The number of aromatic amines is 1. The van der Waals surface area contributed by atoms with Crippen LogP contribution in [0.25, 0.3) is 10.2 Å². The molecule has 0 radical (unpaired) electrons. The molecule has 0 amide bonds. The first kappa shape index (κ1) is 30.4. The summed E-state index contributed by atoms with van der Waals surface area (Å²) in [6.07, 6.45) is 3.66. The minimum absolute atomic E-state index is 0.0296. The SMILES string of the molecule is Cc1ccnc(N2CCC(=O)C3(CCN(Cc4cc(F)cc(CCNC[C@H](O)c5ccc(O)c6[nH]c(=O)sc56)c4)CC3)C2)c1. The Morgan fingerprint density at radius 2 is 1.91 bits per heavy atom. The summed E-state index contributed by atoms with van der Waals surface area (Å²) in [5, 5.41) is 24.0. The lowest BCUT2D eigenvalue weighted by atomic mass is 9.71. The van der Waals surface area contributed by atoms with Gasteiger partial charge in [-0.05, 0) is 92.8 Å². The van der Waals surface area contributed by atoms with Gasteiger partial charge in [-0.25, -0.2) is 9.37 Å². The van der Waals surface area contributed by atoms with Crippen LogP contribution < -0.4 is 15.1 Å². The summed E-state index contributed by atoms with van der Waals surface area (Å²) in [5.74, 6) is 0.985. The highest BCUT2D eigenvalue weighted by molar-refractivity contribution is 7.16. The molecule has 1 atom stereocenters. The highest BCUT2D eigenvalue weighted by Gasteiger charge is 2.45. The average molecular weight is 620 g/mol. The summed E-state index contributed by atoms with van der Waals surface area (Å²) in [5.41, 5.74) is 3.49. The fraction of sp³-hybridized carbons (Fsp3) is 0.424. The maximum atomic E-state index is 14.6. The van der Waals surface area contributed by atoms with Gasteiger partial charge in [-0.3, -0.25) is 14.5 Å². The van der Waals surface area contributed by atoms with Gasteiger partial charge < -0.3 is 25.4 Å². The number of Topliss-reactive ketones (excluding diaryl/α,β-unsaturated/α-hetero) is 1. The Balaban J connectivity index is 1.01. The molecule has 2 aliphatic heterocycles. The smallest absolute Gasteiger partial charge is 0.305 e. The van der Waals surface area contributed by atoms with E-state index in [0.29, 0.717) is 60.6 Å². The number of hydrogen-bond acceptors (Lipinski definition) is 9. The van der Waals surface area contributed by atoms with Crippen molar-refractivity contribution in [2.24, 2.45) is 5.41 Å². The molecule has 44 heavy (non-hydrogen) atoms. The number of aryl methyl sites for hydroxylation is 1. The van der Waals surface area contributed by atoms with Crippen LogP contribution in [-0.4, -0.2) is 70.1 Å². The van der Waals surface area contributed by atoms with E-state index < -0.39 is 6.10 Å². The number of phenols is 1. The lowest BCUT2D eigenvalue weighted by Crippen LogP contribution is -2.54. The summed E-state index contributed by atoms with van der Waals surface area (Å²) < 4.78 is 15.1. The molecule has 2 aromatic carbocycles. The number of fused-ring (bicyclic) bond motifs is 1. The molecule has 2 aromatic heterocycles. The van der Waals surface area contributed by atoms with E-state index >= 15 is 0 Å². The highest BCUT2D eigenvalue weighted by atomic mass is 32.1. The number of anilines is 1. The number of aliphatic hydroxyl groups excluding tert-OH is 1. The van der Waals surface area contributed by atoms with Crippen molar-refractivity contribution in [3.8, 4) is 5.75 Å². The van der Waals surface area contributed by atoms with Gasteiger partial charge in [-0.15, -0.1) is 0 Å². The van der Waals surface area contributed by atoms with Crippen LogP contribution >= 0.6 is 11.3 Å². The number of benzene rings is 2. The number of halogens is 1. The number of nitrogens with zero attached hydrogens (tertiary/aromatic N) is 3. The summed E-state index contributed by atoms with van der Waals surface area (Å²) in [6, 6.07) is 12.3. The average Bonchev–Trinajstić information content (AvgIpc) is 3.40. The predicted molar refractivity (Wildman–Crippen MR) is 170 cm³/mol. The Labute approximate surface area is 259 Å². The van der Waals surface area contributed by atoms with Crippen LogP contribution in [0.3, 0.4) is 0 Å². The number of aromatic nitrogens is 2. The molecule has 0 saturated carbocycles. The summed E-state index contributed by atoms with van der Waals surface area (Å²) in [4.78, 5) is 36.3. The molecular weight excluding hydrogens is 581 g/mol. The van der Waals surface area contributed by atoms with Crippen LogP contribution in [0.15, 0.2) is 53.5 Å². The molecule has 0 unspecified atom stereocenters. The Morgan fingerprint density at radius 1 is 1.11 bits per heavy atom. The van der Waals surface area contributed by atoms with Crippen LogP contribution in [0.2, 0.25) is 0 Å². The Morgan fingerprint density at radius 3 is 2.70 bits per heavy atom. The molecule has 0 aliphatic carbocycles. The van der Waals surface area contributed by atoms with Gasteiger partial charge in [0.15, 0.2) is 0 Å². The minimum Gasteiger partial charge on any atom is -0.506 e. The van der Waals surface area contributed by atoms with E-state index in [1.54, 1.807) is 18.2 Å². The topological polar surface area (TPSA) is 122 Å². The second-order valence-electron chi connectivity index (χ2n) is 12.2. The number of piperidine rings is 2. The minimum atomic E-state index is -0.869. The van der Waals surface area contributed by atoms with Gasteiger partial charge in [0.2, 0.25) is 0 Å². The molecular formula is C33H38FN5O4S. The first-order chi connectivity index (χ1) is 21.2. The van der Waals surface area contributed by atoms with E-state index in [2.05, 4.69) is 38.1 Å². The summed E-state index contributed by atoms with van der Waals surface area (Å²) in [6.45, 7) is 6.44. The number of nitrogens with one attached hydrogen (secondary N) is 2. The molecule has 2 fully saturated rings. The van der Waals surface area contributed by atoms with E-state index in [9.17, 15) is 24.2 Å². The first-order valence-corrected chi connectivity index (χ1v) is 16.0. The predicted octanol–water partition coefficient (Wildman–Crippen LogP) is 4.07. The van der Waals surface area contributed by atoms with Gasteiger partial charge in [0.05, 0.1) is 10.8 Å².